The summed E-state index contributed by atoms with van der Waals surface area (Å²) in [5, 5.41) is 1.60. The predicted octanol–water partition coefficient (Wildman–Crippen LogP) is 3.17. The Labute approximate surface area is 116 Å². The van der Waals surface area contributed by atoms with E-state index in [0.717, 1.165) is 26.9 Å². The van der Waals surface area contributed by atoms with Crippen LogP contribution in [0, 0.1) is 0 Å². The lowest BCUT2D eigenvalue weighted by molar-refractivity contribution is 0.729. The first kappa shape index (κ1) is 13.3. The molecule has 18 heavy (non-hydrogen) atoms. The molecular formula is C13H14ClN3S. The molecule has 5 heteroatoms. The van der Waals surface area contributed by atoms with Gasteiger partial charge in [0.15, 0.2) is 0 Å². The largest absolute Gasteiger partial charge is 0.328 e. The zero-order chi connectivity index (χ0) is 13.0. The maximum Gasteiger partial charge on any atom is 0.119 e. The molecule has 0 bridgehead atoms. The molecule has 0 radical (unpaired) electrons. The van der Waals surface area contributed by atoms with Crippen LogP contribution in [0.3, 0.4) is 0 Å². The number of rotatable bonds is 4. The fourth-order valence-corrected chi connectivity index (χ4v) is 2.83. The highest BCUT2D eigenvalue weighted by Gasteiger charge is 2.10. The van der Waals surface area contributed by atoms with Gasteiger partial charge in [-0.05, 0) is 31.0 Å². The lowest BCUT2D eigenvalue weighted by Crippen LogP contribution is -2.18. The molecule has 3 nitrogen and oxygen atoms in total. The van der Waals surface area contributed by atoms with Gasteiger partial charge in [0.1, 0.15) is 5.03 Å². The first-order valence-corrected chi connectivity index (χ1v) is 6.83. The molecule has 0 saturated heterocycles. The van der Waals surface area contributed by atoms with E-state index in [-0.39, 0.29) is 6.04 Å². The third-order valence-corrected chi connectivity index (χ3v) is 3.73. The molecule has 0 spiro atoms. The van der Waals surface area contributed by atoms with Crippen LogP contribution < -0.4 is 5.73 Å². The smallest absolute Gasteiger partial charge is 0.119 e. The van der Waals surface area contributed by atoms with Crippen LogP contribution in [0.15, 0.2) is 46.7 Å². The fraction of sp³-hybridized carbons (Fsp3) is 0.231. The molecule has 1 aromatic heterocycles. The Bertz CT molecular complexity index is 517. The standard InChI is InChI=1S/C13H14ClN3S/c1-9(15)7-10-11(14)3-2-4-12(10)18-13-8-16-5-6-17-13/h2-6,8-9H,7,15H2,1H3. The van der Waals surface area contributed by atoms with Gasteiger partial charge in [0.2, 0.25) is 0 Å². The minimum absolute atomic E-state index is 0.0751. The summed E-state index contributed by atoms with van der Waals surface area (Å²) in [7, 11) is 0. The monoisotopic (exact) mass is 279 g/mol. The summed E-state index contributed by atoms with van der Waals surface area (Å²) in [4.78, 5) is 9.39. The van der Waals surface area contributed by atoms with Crippen molar-refractivity contribution in [3.63, 3.8) is 0 Å². The van der Waals surface area contributed by atoms with Crippen LogP contribution in [0.2, 0.25) is 5.02 Å². The molecule has 0 aliphatic heterocycles. The summed E-state index contributed by atoms with van der Waals surface area (Å²) in [6.45, 7) is 1.97. The van der Waals surface area contributed by atoms with Crippen molar-refractivity contribution >= 4 is 23.4 Å². The third-order valence-electron chi connectivity index (χ3n) is 2.36. The lowest BCUT2D eigenvalue weighted by Gasteiger charge is -2.12. The number of benzene rings is 1. The van der Waals surface area contributed by atoms with Crippen molar-refractivity contribution in [1.29, 1.82) is 0 Å². The molecule has 0 fully saturated rings. The summed E-state index contributed by atoms with van der Waals surface area (Å²) in [6, 6.07) is 5.93. The molecule has 1 atom stereocenters. The molecule has 2 aromatic rings. The Morgan fingerprint density at radius 1 is 1.39 bits per heavy atom. The van der Waals surface area contributed by atoms with Crippen molar-refractivity contribution in [2.75, 3.05) is 0 Å². The van der Waals surface area contributed by atoms with Gasteiger partial charge in [-0.25, -0.2) is 4.98 Å². The highest BCUT2D eigenvalue weighted by atomic mass is 35.5. The zero-order valence-corrected chi connectivity index (χ0v) is 11.6. The highest BCUT2D eigenvalue weighted by Crippen LogP contribution is 2.33. The van der Waals surface area contributed by atoms with Crippen molar-refractivity contribution < 1.29 is 0 Å². The lowest BCUT2D eigenvalue weighted by atomic mass is 10.1. The quantitative estimate of drug-likeness (QED) is 0.934. The van der Waals surface area contributed by atoms with Gasteiger partial charge in [0.05, 0.1) is 6.20 Å². The fourth-order valence-electron chi connectivity index (χ4n) is 1.61. The minimum atomic E-state index is 0.0751. The first-order valence-electron chi connectivity index (χ1n) is 5.63. The van der Waals surface area contributed by atoms with Gasteiger partial charge in [-0.2, -0.15) is 0 Å². The van der Waals surface area contributed by atoms with Gasteiger partial charge >= 0.3 is 0 Å². The SMILES string of the molecule is CC(N)Cc1c(Cl)cccc1Sc1cnccn1. The van der Waals surface area contributed by atoms with Gasteiger partial charge in [0, 0.05) is 28.4 Å². The molecule has 94 valence electrons. The summed E-state index contributed by atoms with van der Waals surface area (Å²) < 4.78 is 0. The van der Waals surface area contributed by atoms with E-state index in [9.17, 15) is 0 Å². The number of aromatic nitrogens is 2. The van der Waals surface area contributed by atoms with E-state index in [0.29, 0.717) is 0 Å². The number of halogens is 1. The minimum Gasteiger partial charge on any atom is -0.328 e. The molecule has 2 rings (SSSR count). The molecule has 0 aliphatic carbocycles. The Morgan fingerprint density at radius 2 is 2.22 bits per heavy atom. The second-order valence-corrected chi connectivity index (χ2v) is 5.51. The Hall–Kier alpha value is -1.10. The Kier molecular flexibility index (Phi) is 4.58. The molecule has 1 heterocycles. The van der Waals surface area contributed by atoms with Crippen LogP contribution in [-0.2, 0) is 6.42 Å². The number of hydrogen-bond acceptors (Lipinski definition) is 4. The van der Waals surface area contributed by atoms with E-state index < -0.39 is 0 Å². The maximum atomic E-state index is 6.23. The van der Waals surface area contributed by atoms with Gasteiger partial charge in [0.25, 0.3) is 0 Å². The molecule has 1 unspecified atom stereocenters. The van der Waals surface area contributed by atoms with Gasteiger partial charge < -0.3 is 5.73 Å². The van der Waals surface area contributed by atoms with E-state index in [1.807, 2.05) is 25.1 Å². The number of nitrogens with two attached hydrogens (primary N) is 1. The predicted molar refractivity (Wildman–Crippen MR) is 75.0 cm³/mol. The van der Waals surface area contributed by atoms with Gasteiger partial charge in [-0.15, -0.1) is 0 Å². The average molecular weight is 280 g/mol. The van der Waals surface area contributed by atoms with Crippen molar-refractivity contribution in [1.82, 2.24) is 9.97 Å². The second-order valence-electron chi connectivity index (χ2n) is 4.04. The molecule has 0 amide bonds. The summed E-state index contributed by atoms with van der Waals surface area (Å²) in [5.41, 5.74) is 6.93. The number of hydrogen-bond donors (Lipinski definition) is 1. The summed E-state index contributed by atoms with van der Waals surface area (Å²) >= 11 is 7.79. The van der Waals surface area contributed by atoms with Crippen molar-refractivity contribution in [2.45, 2.75) is 29.3 Å². The average Bonchev–Trinajstić information content (AvgIpc) is 2.34. The molecule has 2 N–H and O–H groups in total. The van der Waals surface area contributed by atoms with Crippen LogP contribution in [0.25, 0.3) is 0 Å². The van der Waals surface area contributed by atoms with Crippen LogP contribution in [0.4, 0.5) is 0 Å². The third kappa shape index (κ3) is 3.45. The second kappa shape index (κ2) is 6.18. The van der Waals surface area contributed by atoms with Gasteiger partial charge in [-0.3, -0.25) is 4.98 Å². The van der Waals surface area contributed by atoms with Crippen molar-refractivity contribution in [3.8, 4) is 0 Å². The zero-order valence-electron chi connectivity index (χ0n) is 10.0. The van der Waals surface area contributed by atoms with E-state index in [1.54, 1.807) is 30.4 Å². The molecule has 1 aromatic carbocycles. The van der Waals surface area contributed by atoms with Crippen LogP contribution in [-0.4, -0.2) is 16.0 Å². The Balaban J connectivity index is 2.30. The Morgan fingerprint density at radius 3 is 2.89 bits per heavy atom. The van der Waals surface area contributed by atoms with E-state index in [1.165, 1.54) is 0 Å². The summed E-state index contributed by atoms with van der Waals surface area (Å²) in [5.74, 6) is 0. The van der Waals surface area contributed by atoms with Gasteiger partial charge in [-0.1, -0.05) is 29.4 Å². The van der Waals surface area contributed by atoms with Crippen LogP contribution in [0.5, 0.6) is 0 Å². The molecule has 0 saturated carbocycles. The van der Waals surface area contributed by atoms with E-state index in [2.05, 4.69) is 9.97 Å². The normalized spacial score (nSPS) is 12.4. The van der Waals surface area contributed by atoms with Crippen molar-refractivity contribution in [2.24, 2.45) is 5.73 Å². The molecule has 0 aliphatic rings. The van der Waals surface area contributed by atoms with Crippen molar-refractivity contribution in [3.05, 3.63) is 47.4 Å². The number of nitrogens with zero attached hydrogens (tertiary/aromatic N) is 2. The van der Waals surface area contributed by atoms with Crippen LogP contribution >= 0.6 is 23.4 Å². The topological polar surface area (TPSA) is 51.8 Å². The molecular weight excluding hydrogens is 266 g/mol. The maximum absolute atomic E-state index is 6.23. The summed E-state index contributed by atoms with van der Waals surface area (Å²) in [6.07, 6.45) is 5.83. The van der Waals surface area contributed by atoms with E-state index in [4.69, 9.17) is 17.3 Å². The highest BCUT2D eigenvalue weighted by molar-refractivity contribution is 7.99. The first-order chi connectivity index (χ1) is 8.66. The van der Waals surface area contributed by atoms with Crippen LogP contribution in [0.1, 0.15) is 12.5 Å². The van der Waals surface area contributed by atoms with E-state index >= 15 is 0 Å².